The van der Waals surface area contributed by atoms with E-state index in [2.05, 4.69) is 30.9 Å². The highest BCUT2D eigenvalue weighted by molar-refractivity contribution is 9.11. The monoisotopic (exact) mass is 280 g/mol. The molecule has 1 aromatic carbocycles. The molecule has 6 heteroatoms. The largest absolute Gasteiger partial charge is 0.233 e. The number of hydrogen-bond acceptors (Lipinski definition) is 3. The molecular formula is C9H5BrN4S. The molecule has 0 bridgehead atoms. The summed E-state index contributed by atoms with van der Waals surface area (Å²) in [5, 5.41) is 3.89. The van der Waals surface area contributed by atoms with E-state index in [-0.39, 0.29) is 0 Å². The lowest BCUT2D eigenvalue weighted by atomic mass is 10.2. The fourth-order valence-corrected chi connectivity index (χ4v) is 2.53. The van der Waals surface area contributed by atoms with Gasteiger partial charge >= 0.3 is 0 Å². The van der Waals surface area contributed by atoms with Gasteiger partial charge in [-0.15, -0.1) is 11.3 Å². The second-order valence-corrected chi connectivity index (χ2v) is 4.97. The first-order valence-electron chi connectivity index (χ1n) is 4.08. The van der Waals surface area contributed by atoms with Gasteiger partial charge in [0.05, 0.1) is 9.48 Å². The van der Waals surface area contributed by atoms with Gasteiger partial charge in [0.2, 0.25) is 0 Å². The standard InChI is InChI=1S/C9H5BrN4S/c10-8-7(6-4-2-1-3-5-6)12-9(15-8)13-14-11/h1-5H. The molecule has 1 aromatic heterocycles. The van der Waals surface area contributed by atoms with Crippen molar-refractivity contribution in [2.45, 2.75) is 0 Å². The Morgan fingerprint density at radius 2 is 2.07 bits per heavy atom. The molecule has 0 aliphatic carbocycles. The van der Waals surface area contributed by atoms with Crippen LogP contribution >= 0.6 is 27.3 Å². The number of benzene rings is 1. The maximum Gasteiger partial charge on any atom is 0.181 e. The van der Waals surface area contributed by atoms with E-state index in [0.717, 1.165) is 15.0 Å². The molecule has 0 unspecified atom stereocenters. The summed E-state index contributed by atoms with van der Waals surface area (Å²) in [4.78, 5) is 6.93. The molecule has 0 atom stereocenters. The lowest BCUT2D eigenvalue weighted by Gasteiger charge is -1.95. The number of thiazole rings is 1. The van der Waals surface area contributed by atoms with Gasteiger partial charge in [-0.05, 0) is 26.6 Å². The van der Waals surface area contributed by atoms with Crippen molar-refractivity contribution in [1.29, 1.82) is 0 Å². The summed E-state index contributed by atoms with van der Waals surface area (Å²) in [6.07, 6.45) is 0. The molecule has 0 radical (unpaired) electrons. The van der Waals surface area contributed by atoms with Gasteiger partial charge in [0.15, 0.2) is 5.13 Å². The van der Waals surface area contributed by atoms with Crippen molar-refractivity contribution in [2.24, 2.45) is 5.11 Å². The Morgan fingerprint density at radius 1 is 1.33 bits per heavy atom. The molecule has 0 N–H and O–H groups in total. The highest BCUT2D eigenvalue weighted by Gasteiger charge is 2.09. The topological polar surface area (TPSA) is 61.7 Å². The minimum absolute atomic E-state index is 0.420. The molecule has 15 heavy (non-hydrogen) atoms. The van der Waals surface area contributed by atoms with Gasteiger partial charge < -0.3 is 0 Å². The zero-order valence-corrected chi connectivity index (χ0v) is 9.86. The van der Waals surface area contributed by atoms with Gasteiger partial charge in [0.1, 0.15) is 0 Å². The quantitative estimate of drug-likeness (QED) is 0.453. The first kappa shape index (κ1) is 10.2. The average Bonchev–Trinajstić information content (AvgIpc) is 2.61. The maximum absolute atomic E-state index is 8.30. The highest BCUT2D eigenvalue weighted by Crippen LogP contribution is 2.36. The Kier molecular flexibility index (Phi) is 3.01. The molecule has 0 aliphatic rings. The molecule has 0 saturated heterocycles. The minimum Gasteiger partial charge on any atom is -0.233 e. The van der Waals surface area contributed by atoms with Crippen molar-refractivity contribution in [3.05, 3.63) is 44.6 Å². The van der Waals surface area contributed by atoms with Crippen LogP contribution < -0.4 is 0 Å². The predicted octanol–water partition coefficient (Wildman–Crippen LogP) is 4.51. The zero-order valence-electron chi connectivity index (χ0n) is 7.46. The Balaban J connectivity index is 2.49. The van der Waals surface area contributed by atoms with E-state index in [1.54, 1.807) is 0 Å². The maximum atomic E-state index is 8.30. The molecule has 0 spiro atoms. The van der Waals surface area contributed by atoms with Crippen LogP contribution in [-0.2, 0) is 0 Å². The summed E-state index contributed by atoms with van der Waals surface area (Å²) in [6.45, 7) is 0. The Morgan fingerprint density at radius 3 is 2.73 bits per heavy atom. The summed E-state index contributed by atoms with van der Waals surface area (Å²) < 4.78 is 0.871. The SMILES string of the molecule is [N-]=[N+]=Nc1nc(-c2ccccc2)c(Br)s1. The van der Waals surface area contributed by atoms with Crippen LogP contribution in [0.25, 0.3) is 21.7 Å². The molecule has 2 aromatic rings. The predicted molar refractivity (Wildman–Crippen MR) is 64.1 cm³/mol. The molecule has 0 aliphatic heterocycles. The van der Waals surface area contributed by atoms with Gasteiger partial charge in [-0.1, -0.05) is 30.3 Å². The molecule has 1 heterocycles. The van der Waals surface area contributed by atoms with Crippen molar-refractivity contribution in [1.82, 2.24) is 4.98 Å². The van der Waals surface area contributed by atoms with Crippen LogP contribution in [0, 0.1) is 0 Å². The van der Waals surface area contributed by atoms with Crippen LogP contribution in [0.1, 0.15) is 0 Å². The van der Waals surface area contributed by atoms with E-state index >= 15 is 0 Å². The third-order valence-corrected chi connectivity index (χ3v) is 3.34. The molecule has 2 rings (SSSR count). The Labute approximate surface area is 98.3 Å². The first-order valence-corrected chi connectivity index (χ1v) is 5.69. The van der Waals surface area contributed by atoms with E-state index in [9.17, 15) is 0 Å². The molecule has 74 valence electrons. The van der Waals surface area contributed by atoms with E-state index in [4.69, 9.17) is 5.53 Å². The van der Waals surface area contributed by atoms with Crippen molar-refractivity contribution in [3.63, 3.8) is 0 Å². The minimum atomic E-state index is 0.420. The third-order valence-electron chi connectivity index (χ3n) is 1.75. The smallest absolute Gasteiger partial charge is 0.181 e. The van der Waals surface area contributed by atoms with E-state index in [0.29, 0.717) is 5.13 Å². The molecule has 0 fully saturated rings. The van der Waals surface area contributed by atoms with Crippen LogP contribution in [0.15, 0.2) is 39.2 Å². The number of nitrogens with zero attached hydrogens (tertiary/aromatic N) is 4. The summed E-state index contributed by atoms with van der Waals surface area (Å²) in [5.41, 5.74) is 10.1. The number of azide groups is 1. The second kappa shape index (κ2) is 4.44. The molecule has 0 saturated carbocycles. The van der Waals surface area contributed by atoms with E-state index in [1.807, 2.05) is 30.3 Å². The fraction of sp³-hybridized carbons (Fsp3) is 0. The van der Waals surface area contributed by atoms with E-state index < -0.39 is 0 Å². The van der Waals surface area contributed by atoms with Crippen LogP contribution in [0.4, 0.5) is 5.13 Å². The van der Waals surface area contributed by atoms with Gasteiger partial charge in [-0.3, -0.25) is 0 Å². The van der Waals surface area contributed by atoms with Crippen molar-refractivity contribution in [3.8, 4) is 11.3 Å². The van der Waals surface area contributed by atoms with E-state index in [1.165, 1.54) is 11.3 Å². The molecule has 0 amide bonds. The number of rotatable bonds is 2. The average molecular weight is 281 g/mol. The van der Waals surface area contributed by atoms with Gasteiger partial charge in [-0.2, -0.15) is 0 Å². The zero-order chi connectivity index (χ0) is 10.7. The van der Waals surface area contributed by atoms with Gasteiger partial charge in [-0.25, -0.2) is 4.98 Å². The van der Waals surface area contributed by atoms with Crippen molar-refractivity contribution in [2.75, 3.05) is 0 Å². The molecule has 4 nitrogen and oxygen atoms in total. The fourth-order valence-electron chi connectivity index (χ4n) is 1.15. The van der Waals surface area contributed by atoms with Crippen molar-refractivity contribution < 1.29 is 0 Å². The van der Waals surface area contributed by atoms with Crippen molar-refractivity contribution >= 4 is 32.4 Å². The normalized spacial score (nSPS) is 9.67. The summed E-state index contributed by atoms with van der Waals surface area (Å²) in [5.74, 6) is 0. The third kappa shape index (κ3) is 2.18. The Hall–Kier alpha value is -1.36. The van der Waals surface area contributed by atoms with Gasteiger partial charge in [0.25, 0.3) is 0 Å². The number of aromatic nitrogens is 1. The summed E-state index contributed by atoms with van der Waals surface area (Å²) >= 11 is 4.72. The first-order chi connectivity index (χ1) is 7.31. The van der Waals surface area contributed by atoms with Crippen LogP contribution in [0.2, 0.25) is 0 Å². The summed E-state index contributed by atoms with van der Waals surface area (Å²) in [6, 6.07) is 9.74. The molecular weight excluding hydrogens is 276 g/mol. The van der Waals surface area contributed by atoms with Crippen LogP contribution in [0.3, 0.4) is 0 Å². The van der Waals surface area contributed by atoms with Crippen LogP contribution in [-0.4, -0.2) is 4.98 Å². The lowest BCUT2D eigenvalue weighted by Crippen LogP contribution is -1.76. The summed E-state index contributed by atoms with van der Waals surface area (Å²) in [7, 11) is 0. The van der Waals surface area contributed by atoms with Gasteiger partial charge in [0, 0.05) is 10.5 Å². The Bertz CT molecular complexity index is 516. The number of hydrogen-bond donors (Lipinski definition) is 0. The van der Waals surface area contributed by atoms with Crippen LogP contribution in [0.5, 0.6) is 0 Å². The second-order valence-electron chi connectivity index (χ2n) is 2.67. The highest BCUT2D eigenvalue weighted by atomic mass is 79.9. The lowest BCUT2D eigenvalue weighted by molar-refractivity contribution is 1.33. The number of halogens is 1.